The van der Waals surface area contributed by atoms with E-state index in [-0.39, 0.29) is 11.0 Å². The van der Waals surface area contributed by atoms with Gasteiger partial charge in [-0.3, -0.25) is 4.99 Å². The van der Waals surface area contributed by atoms with Crippen LogP contribution in [0.1, 0.15) is 43.2 Å². The van der Waals surface area contributed by atoms with Crippen LogP contribution in [0.4, 0.5) is 0 Å². The van der Waals surface area contributed by atoms with Crippen molar-refractivity contribution in [2.45, 2.75) is 50.2 Å². The molecule has 0 radical (unpaired) electrons. The topological polar surface area (TPSA) is 47.6 Å². The highest BCUT2D eigenvalue weighted by Crippen LogP contribution is 2.62. The van der Waals surface area contributed by atoms with Gasteiger partial charge in [0.2, 0.25) is 0 Å². The summed E-state index contributed by atoms with van der Waals surface area (Å²) in [4.78, 5) is 5.14. The van der Waals surface area contributed by atoms with E-state index < -0.39 is 0 Å². The Balaban J connectivity index is 1.83. The second-order valence-corrected chi connectivity index (χ2v) is 9.46. The minimum atomic E-state index is -0.0996. The minimum Gasteiger partial charge on any atom is -0.381 e. The summed E-state index contributed by atoms with van der Waals surface area (Å²) in [7, 11) is 1.84. The molecule has 0 bridgehead atoms. The number of thioether (sulfide) groups is 1. The molecule has 0 aromatic heterocycles. The third-order valence-corrected chi connectivity index (χ3v) is 7.63. The van der Waals surface area contributed by atoms with Crippen LogP contribution in [0.2, 0.25) is 0 Å². The van der Waals surface area contributed by atoms with Gasteiger partial charge in [0.15, 0.2) is 5.17 Å². The molecule has 5 heteroatoms. The van der Waals surface area contributed by atoms with Crippen LogP contribution in [0.3, 0.4) is 0 Å². The summed E-state index contributed by atoms with van der Waals surface area (Å²) in [6.45, 7) is 0. The standard InChI is InChI=1S/C18H23IN2OS/c1-22-14-4-6-17(7-5-14)11-12-2-3-13(19)10-15(12)18(17)8-9-23-16(20)21-18/h2-3,10,14H,4-9,11H2,1H3,(H2,20,21). The van der Waals surface area contributed by atoms with Gasteiger partial charge in [-0.2, -0.15) is 0 Å². The summed E-state index contributed by atoms with van der Waals surface area (Å²) in [5, 5.41) is 0.774. The van der Waals surface area contributed by atoms with Gasteiger partial charge in [-0.1, -0.05) is 17.8 Å². The molecule has 2 spiro atoms. The number of aliphatic imine (C=N–C) groups is 1. The zero-order valence-electron chi connectivity index (χ0n) is 13.5. The Bertz CT molecular complexity index is 654. The van der Waals surface area contributed by atoms with Crippen LogP contribution in [0.25, 0.3) is 0 Å². The van der Waals surface area contributed by atoms with Crippen molar-refractivity contribution in [3.8, 4) is 0 Å². The predicted molar refractivity (Wildman–Crippen MR) is 105 cm³/mol. The number of rotatable bonds is 1. The zero-order valence-corrected chi connectivity index (χ0v) is 16.5. The van der Waals surface area contributed by atoms with Crippen molar-refractivity contribution < 1.29 is 4.74 Å². The normalized spacial score (nSPS) is 36.3. The summed E-state index contributed by atoms with van der Waals surface area (Å²) >= 11 is 4.13. The van der Waals surface area contributed by atoms with Gasteiger partial charge in [0.1, 0.15) is 0 Å². The maximum Gasteiger partial charge on any atom is 0.154 e. The van der Waals surface area contributed by atoms with Gasteiger partial charge < -0.3 is 10.5 Å². The second kappa shape index (κ2) is 5.92. The number of benzene rings is 1. The molecule has 1 saturated carbocycles. The quantitative estimate of drug-likeness (QED) is 0.668. The highest BCUT2D eigenvalue weighted by molar-refractivity contribution is 14.1. The largest absolute Gasteiger partial charge is 0.381 e. The highest BCUT2D eigenvalue weighted by Gasteiger charge is 2.59. The lowest BCUT2D eigenvalue weighted by Gasteiger charge is -2.49. The first kappa shape index (κ1) is 16.2. The third-order valence-electron chi connectivity index (χ3n) is 6.16. The first-order valence-electron chi connectivity index (χ1n) is 8.38. The molecule has 1 aromatic carbocycles. The molecule has 0 saturated heterocycles. The number of hydrogen-bond acceptors (Lipinski definition) is 4. The average molecular weight is 442 g/mol. The first-order chi connectivity index (χ1) is 11.1. The molecule has 2 N–H and O–H groups in total. The number of ether oxygens (including phenoxy) is 1. The van der Waals surface area contributed by atoms with E-state index in [2.05, 4.69) is 40.8 Å². The molecule has 1 aromatic rings. The number of fused-ring (bicyclic) bond motifs is 3. The SMILES string of the molecule is COC1CCC2(CC1)Cc1ccc(I)cc1C21CCSC(N)=N1. The van der Waals surface area contributed by atoms with Gasteiger partial charge in [0.25, 0.3) is 0 Å². The van der Waals surface area contributed by atoms with E-state index in [1.807, 2.05) is 7.11 Å². The molecule has 1 atom stereocenters. The highest BCUT2D eigenvalue weighted by atomic mass is 127. The lowest BCUT2D eigenvalue weighted by molar-refractivity contribution is -0.00437. The predicted octanol–water partition coefficient (Wildman–Crippen LogP) is 4.07. The van der Waals surface area contributed by atoms with E-state index in [0.717, 1.165) is 36.6 Å². The summed E-state index contributed by atoms with van der Waals surface area (Å²) in [6.07, 6.45) is 7.36. The van der Waals surface area contributed by atoms with Crippen LogP contribution >= 0.6 is 34.4 Å². The number of halogens is 1. The van der Waals surface area contributed by atoms with Crippen molar-refractivity contribution in [3.63, 3.8) is 0 Å². The van der Waals surface area contributed by atoms with Crippen LogP contribution in [0, 0.1) is 8.99 Å². The lowest BCUT2D eigenvalue weighted by atomic mass is 9.60. The third kappa shape index (κ3) is 2.45. The maximum absolute atomic E-state index is 6.21. The van der Waals surface area contributed by atoms with E-state index in [1.54, 1.807) is 11.8 Å². The molecule has 1 heterocycles. The molecule has 1 unspecified atom stereocenters. The minimum absolute atomic E-state index is 0.0996. The number of methoxy groups -OCH3 is 1. The Hall–Kier alpha value is -0.270. The molecule has 3 aliphatic rings. The van der Waals surface area contributed by atoms with Gasteiger partial charge in [-0.15, -0.1) is 0 Å². The fraction of sp³-hybridized carbons (Fsp3) is 0.611. The van der Waals surface area contributed by atoms with Crippen molar-refractivity contribution in [2.24, 2.45) is 16.1 Å². The second-order valence-electron chi connectivity index (χ2n) is 7.10. The summed E-state index contributed by atoms with van der Waals surface area (Å²) in [6, 6.07) is 6.92. The van der Waals surface area contributed by atoms with Crippen molar-refractivity contribution >= 4 is 39.5 Å². The van der Waals surface area contributed by atoms with E-state index >= 15 is 0 Å². The average Bonchev–Trinajstić information content (AvgIpc) is 2.78. The van der Waals surface area contributed by atoms with Crippen molar-refractivity contribution in [1.82, 2.24) is 0 Å². The smallest absolute Gasteiger partial charge is 0.154 e. The Morgan fingerprint density at radius 2 is 2.09 bits per heavy atom. The Morgan fingerprint density at radius 1 is 1.30 bits per heavy atom. The Morgan fingerprint density at radius 3 is 2.78 bits per heavy atom. The molecular formula is C18H23IN2OS. The first-order valence-corrected chi connectivity index (χ1v) is 10.4. The molecule has 4 rings (SSSR count). The van der Waals surface area contributed by atoms with Gasteiger partial charge in [-0.05, 0) is 84.4 Å². The van der Waals surface area contributed by atoms with Crippen LogP contribution in [-0.2, 0) is 16.7 Å². The molecule has 23 heavy (non-hydrogen) atoms. The molecule has 1 fully saturated rings. The van der Waals surface area contributed by atoms with Crippen LogP contribution in [0.5, 0.6) is 0 Å². The molecule has 2 aliphatic carbocycles. The monoisotopic (exact) mass is 442 g/mol. The molecule has 124 valence electrons. The maximum atomic E-state index is 6.21. The van der Waals surface area contributed by atoms with Crippen molar-refractivity contribution in [1.29, 1.82) is 0 Å². The van der Waals surface area contributed by atoms with Crippen LogP contribution < -0.4 is 5.73 Å². The van der Waals surface area contributed by atoms with Gasteiger partial charge >= 0.3 is 0 Å². The Labute approximate surface area is 156 Å². The van der Waals surface area contributed by atoms with E-state index in [1.165, 1.54) is 27.5 Å². The fourth-order valence-corrected chi connectivity index (χ4v) is 6.33. The number of nitrogens with zero attached hydrogens (tertiary/aromatic N) is 1. The van der Waals surface area contributed by atoms with Gasteiger partial charge in [-0.25, -0.2) is 0 Å². The summed E-state index contributed by atoms with van der Waals surface area (Å²) < 4.78 is 6.92. The van der Waals surface area contributed by atoms with Crippen LogP contribution in [0.15, 0.2) is 23.2 Å². The zero-order chi connectivity index (χ0) is 16.1. The van der Waals surface area contributed by atoms with Gasteiger partial charge in [0.05, 0.1) is 11.6 Å². The molecule has 1 aliphatic heterocycles. The molecule has 0 amide bonds. The number of nitrogens with two attached hydrogens (primary N) is 1. The van der Waals surface area contributed by atoms with Crippen LogP contribution in [-0.4, -0.2) is 24.1 Å². The summed E-state index contributed by atoms with van der Waals surface area (Å²) in [5.74, 6) is 1.08. The molecular weight excluding hydrogens is 419 g/mol. The Kier molecular flexibility index (Phi) is 4.17. The lowest BCUT2D eigenvalue weighted by Crippen LogP contribution is -2.47. The summed E-state index contributed by atoms with van der Waals surface area (Å²) in [5.41, 5.74) is 9.29. The van der Waals surface area contributed by atoms with Crippen molar-refractivity contribution in [3.05, 3.63) is 32.9 Å². The number of amidine groups is 1. The van der Waals surface area contributed by atoms with E-state index in [4.69, 9.17) is 15.5 Å². The fourth-order valence-electron chi connectivity index (χ4n) is 5.01. The molecule has 3 nitrogen and oxygen atoms in total. The number of hydrogen-bond donors (Lipinski definition) is 1. The van der Waals surface area contributed by atoms with E-state index in [0.29, 0.717) is 6.10 Å². The van der Waals surface area contributed by atoms with E-state index in [9.17, 15) is 0 Å². The van der Waals surface area contributed by atoms with Gasteiger partial charge in [0, 0.05) is 21.8 Å². The van der Waals surface area contributed by atoms with Crippen molar-refractivity contribution in [2.75, 3.05) is 12.9 Å².